The first kappa shape index (κ1) is 16.4. The van der Waals surface area contributed by atoms with E-state index in [1.54, 1.807) is 0 Å². The maximum absolute atomic E-state index is 12.6. The van der Waals surface area contributed by atoms with Crippen LogP contribution in [0.4, 0.5) is 0 Å². The molecule has 1 atom stereocenters. The molecule has 1 aliphatic heterocycles. The molecule has 2 N–H and O–H groups in total. The summed E-state index contributed by atoms with van der Waals surface area (Å²) in [6, 6.07) is 0. The molecule has 0 aromatic carbocycles. The zero-order chi connectivity index (χ0) is 14.5. The van der Waals surface area contributed by atoms with E-state index < -0.39 is 0 Å². The lowest BCUT2D eigenvalue weighted by atomic mass is 9.81. The number of hydrogen-bond acceptors (Lipinski definition) is 3. The lowest BCUT2D eigenvalue weighted by Gasteiger charge is -2.33. The number of carbonyl (C=O) groups excluding carboxylic acids is 1. The van der Waals surface area contributed by atoms with Gasteiger partial charge in [-0.1, -0.05) is 27.7 Å². The second-order valence-electron chi connectivity index (χ2n) is 6.08. The smallest absolute Gasteiger partial charge is 0.230 e. The first-order valence-electron chi connectivity index (χ1n) is 7.60. The normalized spacial score (nSPS) is 20.3. The Morgan fingerprint density at radius 3 is 2.53 bits per heavy atom. The van der Waals surface area contributed by atoms with E-state index in [1.807, 2.05) is 4.90 Å². The van der Waals surface area contributed by atoms with Crippen molar-refractivity contribution < 1.29 is 9.53 Å². The van der Waals surface area contributed by atoms with Gasteiger partial charge in [0, 0.05) is 26.2 Å². The third-order valence-corrected chi connectivity index (χ3v) is 4.30. The molecule has 0 aliphatic carbocycles. The Labute approximate surface area is 117 Å². The summed E-state index contributed by atoms with van der Waals surface area (Å²) < 4.78 is 5.83. The van der Waals surface area contributed by atoms with Gasteiger partial charge in [-0.3, -0.25) is 4.79 Å². The SMILES string of the molecule is CCC(CC)(CN)C(=O)N1CCC(OCC(C)C)C1. The topological polar surface area (TPSA) is 55.6 Å². The van der Waals surface area contributed by atoms with Gasteiger partial charge in [0.05, 0.1) is 11.5 Å². The number of nitrogens with zero attached hydrogens (tertiary/aromatic N) is 1. The highest BCUT2D eigenvalue weighted by Crippen LogP contribution is 2.29. The van der Waals surface area contributed by atoms with Crippen molar-refractivity contribution in [2.24, 2.45) is 17.1 Å². The van der Waals surface area contributed by atoms with Crippen LogP contribution in [-0.4, -0.2) is 43.2 Å². The van der Waals surface area contributed by atoms with E-state index in [2.05, 4.69) is 27.7 Å². The molecule has 1 fully saturated rings. The van der Waals surface area contributed by atoms with Gasteiger partial charge in [-0.05, 0) is 25.2 Å². The Bertz CT molecular complexity index is 280. The number of ether oxygens (including phenoxy) is 1. The molecule has 1 rings (SSSR count). The predicted octanol–water partition coefficient (Wildman–Crippen LogP) is 2.02. The molecule has 0 radical (unpaired) electrons. The average Bonchev–Trinajstić information content (AvgIpc) is 2.87. The van der Waals surface area contributed by atoms with E-state index in [1.165, 1.54) is 0 Å². The fraction of sp³-hybridized carbons (Fsp3) is 0.933. The van der Waals surface area contributed by atoms with Gasteiger partial charge in [0.25, 0.3) is 0 Å². The molecule has 0 saturated carbocycles. The van der Waals surface area contributed by atoms with Crippen LogP contribution in [0.15, 0.2) is 0 Å². The van der Waals surface area contributed by atoms with E-state index in [9.17, 15) is 4.79 Å². The molecule has 1 aliphatic rings. The van der Waals surface area contributed by atoms with Crippen molar-refractivity contribution in [1.82, 2.24) is 4.90 Å². The molecule has 1 heterocycles. The zero-order valence-electron chi connectivity index (χ0n) is 12.9. The molecule has 0 aromatic rings. The summed E-state index contributed by atoms with van der Waals surface area (Å²) in [5, 5.41) is 0. The highest BCUT2D eigenvalue weighted by molar-refractivity contribution is 5.83. The highest BCUT2D eigenvalue weighted by Gasteiger charge is 2.39. The van der Waals surface area contributed by atoms with Gasteiger partial charge < -0.3 is 15.4 Å². The number of nitrogens with two attached hydrogens (primary N) is 1. The van der Waals surface area contributed by atoms with Gasteiger partial charge in [0.1, 0.15) is 0 Å². The molecule has 0 aromatic heterocycles. The van der Waals surface area contributed by atoms with Gasteiger partial charge in [-0.25, -0.2) is 0 Å². The van der Waals surface area contributed by atoms with Crippen LogP contribution >= 0.6 is 0 Å². The van der Waals surface area contributed by atoms with Gasteiger partial charge in [-0.15, -0.1) is 0 Å². The fourth-order valence-electron chi connectivity index (χ4n) is 2.64. The summed E-state index contributed by atoms with van der Waals surface area (Å²) in [6.07, 6.45) is 2.78. The van der Waals surface area contributed by atoms with E-state index in [0.717, 1.165) is 39.0 Å². The molecular weight excluding hydrogens is 240 g/mol. The molecule has 0 spiro atoms. The van der Waals surface area contributed by atoms with Crippen molar-refractivity contribution in [2.45, 2.75) is 53.1 Å². The van der Waals surface area contributed by atoms with Crippen LogP contribution in [-0.2, 0) is 9.53 Å². The minimum Gasteiger partial charge on any atom is -0.376 e. The summed E-state index contributed by atoms with van der Waals surface area (Å²) in [4.78, 5) is 14.6. The largest absolute Gasteiger partial charge is 0.376 e. The van der Waals surface area contributed by atoms with Gasteiger partial charge in [0.2, 0.25) is 5.91 Å². The van der Waals surface area contributed by atoms with Crippen molar-refractivity contribution >= 4 is 5.91 Å². The standard InChI is InChI=1S/C15H30N2O2/c1-5-15(6-2,11-16)14(18)17-8-7-13(9-17)19-10-12(3)4/h12-13H,5-11,16H2,1-4H3. The molecule has 1 amide bonds. The monoisotopic (exact) mass is 270 g/mol. The predicted molar refractivity (Wildman–Crippen MR) is 77.8 cm³/mol. The van der Waals surface area contributed by atoms with E-state index in [4.69, 9.17) is 10.5 Å². The minimum absolute atomic E-state index is 0.204. The van der Waals surface area contributed by atoms with Crippen molar-refractivity contribution in [3.05, 3.63) is 0 Å². The van der Waals surface area contributed by atoms with Crippen LogP contribution in [0.1, 0.15) is 47.0 Å². The van der Waals surface area contributed by atoms with Gasteiger partial charge in [-0.2, -0.15) is 0 Å². The molecule has 4 nitrogen and oxygen atoms in total. The summed E-state index contributed by atoms with van der Waals surface area (Å²) in [5.41, 5.74) is 5.48. The lowest BCUT2D eigenvalue weighted by Crippen LogP contribution is -2.47. The Kier molecular flexibility index (Phi) is 6.27. The van der Waals surface area contributed by atoms with Crippen LogP contribution < -0.4 is 5.73 Å². The second kappa shape index (κ2) is 7.25. The van der Waals surface area contributed by atoms with Crippen molar-refractivity contribution in [3.8, 4) is 0 Å². The van der Waals surface area contributed by atoms with Crippen LogP contribution in [0.25, 0.3) is 0 Å². The summed E-state index contributed by atoms with van der Waals surface area (Å²) in [7, 11) is 0. The first-order chi connectivity index (χ1) is 8.99. The number of rotatable bonds is 7. The third-order valence-electron chi connectivity index (χ3n) is 4.30. The third kappa shape index (κ3) is 3.93. The summed E-state index contributed by atoms with van der Waals surface area (Å²) in [6.45, 7) is 11.1. The highest BCUT2D eigenvalue weighted by atomic mass is 16.5. The molecule has 0 bridgehead atoms. The Hall–Kier alpha value is -0.610. The van der Waals surface area contributed by atoms with Gasteiger partial charge in [0.15, 0.2) is 0 Å². The maximum atomic E-state index is 12.6. The average molecular weight is 270 g/mol. The molecular formula is C15H30N2O2. The van der Waals surface area contributed by atoms with E-state index in [0.29, 0.717) is 12.5 Å². The van der Waals surface area contributed by atoms with Crippen LogP contribution in [0.3, 0.4) is 0 Å². The zero-order valence-corrected chi connectivity index (χ0v) is 12.9. The van der Waals surface area contributed by atoms with Crippen LogP contribution in [0.2, 0.25) is 0 Å². The molecule has 112 valence electrons. The lowest BCUT2D eigenvalue weighted by molar-refractivity contribution is -0.141. The van der Waals surface area contributed by atoms with Crippen molar-refractivity contribution in [1.29, 1.82) is 0 Å². The number of amides is 1. The van der Waals surface area contributed by atoms with E-state index >= 15 is 0 Å². The summed E-state index contributed by atoms with van der Waals surface area (Å²) in [5.74, 6) is 0.759. The minimum atomic E-state index is -0.368. The van der Waals surface area contributed by atoms with Crippen molar-refractivity contribution in [2.75, 3.05) is 26.2 Å². The molecule has 1 unspecified atom stereocenters. The number of carbonyl (C=O) groups is 1. The molecule has 19 heavy (non-hydrogen) atoms. The Morgan fingerprint density at radius 1 is 1.42 bits per heavy atom. The molecule has 1 saturated heterocycles. The second-order valence-corrected chi connectivity index (χ2v) is 6.08. The van der Waals surface area contributed by atoms with Crippen LogP contribution in [0, 0.1) is 11.3 Å². The quantitative estimate of drug-likeness (QED) is 0.770. The Balaban J connectivity index is 2.56. The van der Waals surface area contributed by atoms with Gasteiger partial charge >= 0.3 is 0 Å². The van der Waals surface area contributed by atoms with Crippen molar-refractivity contribution in [3.63, 3.8) is 0 Å². The number of likely N-dealkylation sites (tertiary alicyclic amines) is 1. The fourth-order valence-corrected chi connectivity index (χ4v) is 2.64. The summed E-state index contributed by atoms with van der Waals surface area (Å²) >= 11 is 0. The number of hydrogen-bond donors (Lipinski definition) is 1. The van der Waals surface area contributed by atoms with Crippen LogP contribution in [0.5, 0.6) is 0 Å². The Morgan fingerprint density at radius 2 is 2.05 bits per heavy atom. The molecule has 4 heteroatoms. The maximum Gasteiger partial charge on any atom is 0.230 e. The van der Waals surface area contributed by atoms with E-state index in [-0.39, 0.29) is 17.4 Å². The first-order valence-corrected chi connectivity index (χ1v) is 7.60.